The van der Waals surface area contributed by atoms with Crippen molar-refractivity contribution in [1.82, 2.24) is 14.0 Å². The maximum Gasteiger partial charge on any atom is 0.279 e. The molecule has 0 amide bonds. The molecule has 0 spiro atoms. The lowest BCUT2D eigenvalue weighted by Crippen LogP contribution is -2.46. The smallest absolute Gasteiger partial charge is 0.279 e. The summed E-state index contributed by atoms with van der Waals surface area (Å²) >= 11 is 1.52. The molecule has 20 heavy (non-hydrogen) atoms. The summed E-state index contributed by atoms with van der Waals surface area (Å²) in [6.07, 6.45) is 1.90. The van der Waals surface area contributed by atoms with Crippen molar-refractivity contribution in [2.75, 3.05) is 26.8 Å². The summed E-state index contributed by atoms with van der Waals surface area (Å²) in [5.74, 6) is 0.284. The highest BCUT2D eigenvalue weighted by Gasteiger charge is 2.28. The van der Waals surface area contributed by atoms with Crippen molar-refractivity contribution < 1.29 is 13.2 Å². The Balaban J connectivity index is 1.92. The van der Waals surface area contributed by atoms with Crippen LogP contribution in [0.2, 0.25) is 0 Å². The van der Waals surface area contributed by atoms with E-state index in [4.69, 9.17) is 4.74 Å². The lowest BCUT2D eigenvalue weighted by molar-refractivity contribution is 0.118. The Kier molecular flexibility index (Phi) is 5.50. The number of rotatable bonds is 6. The fourth-order valence-corrected chi connectivity index (χ4v) is 4.26. The molecular weight excluding hydrogens is 298 g/mol. The largest absolute Gasteiger partial charge is 0.384 e. The molecule has 0 unspecified atom stereocenters. The Bertz CT molecular complexity index is 528. The highest BCUT2D eigenvalue weighted by Crippen LogP contribution is 2.19. The van der Waals surface area contributed by atoms with Gasteiger partial charge in [0.25, 0.3) is 10.2 Å². The minimum atomic E-state index is -3.43. The summed E-state index contributed by atoms with van der Waals surface area (Å²) in [6, 6.07) is 0. The first-order valence-electron chi connectivity index (χ1n) is 6.66. The van der Waals surface area contributed by atoms with E-state index in [0.29, 0.717) is 19.7 Å². The van der Waals surface area contributed by atoms with Crippen molar-refractivity contribution in [2.24, 2.45) is 5.92 Å². The Morgan fingerprint density at radius 3 is 3.05 bits per heavy atom. The van der Waals surface area contributed by atoms with E-state index >= 15 is 0 Å². The Hall–Kier alpha value is -0.540. The van der Waals surface area contributed by atoms with Gasteiger partial charge in [0.2, 0.25) is 0 Å². The van der Waals surface area contributed by atoms with Gasteiger partial charge in [-0.05, 0) is 25.7 Å². The number of methoxy groups -OCH3 is 1. The van der Waals surface area contributed by atoms with Crippen LogP contribution in [0.1, 0.15) is 23.5 Å². The second kappa shape index (κ2) is 6.95. The highest BCUT2D eigenvalue weighted by atomic mass is 32.2. The van der Waals surface area contributed by atoms with Gasteiger partial charge in [-0.15, -0.1) is 11.3 Å². The Labute approximate surface area is 124 Å². The van der Waals surface area contributed by atoms with Crippen LogP contribution in [-0.2, 0) is 21.5 Å². The van der Waals surface area contributed by atoms with E-state index in [1.165, 1.54) is 15.6 Å². The van der Waals surface area contributed by atoms with Crippen molar-refractivity contribution in [2.45, 2.75) is 26.3 Å². The van der Waals surface area contributed by atoms with Gasteiger partial charge in [0, 0.05) is 25.6 Å². The van der Waals surface area contributed by atoms with E-state index in [-0.39, 0.29) is 12.5 Å². The summed E-state index contributed by atoms with van der Waals surface area (Å²) in [6.45, 7) is 3.86. The second-order valence-electron chi connectivity index (χ2n) is 5.01. The third kappa shape index (κ3) is 4.23. The van der Waals surface area contributed by atoms with Crippen LogP contribution in [-0.4, -0.2) is 44.5 Å². The Morgan fingerprint density at radius 2 is 2.40 bits per heavy atom. The minimum Gasteiger partial charge on any atom is -0.384 e. The molecule has 1 aliphatic rings. The molecule has 6 nitrogen and oxygen atoms in total. The van der Waals surface area contributed by atoms with Gasteiger partial charge in [0.1, 0.15) is 0 Å². The summed E-state index contributed by atoms with van der Waals surface area (Å²) in [5.41, 5.74) is 0.765. The molecule has 1 fully saturated rings. The van der Waals surface area contributed by atoms with Crippen molar-refractivity contribution in [3.63, 3.8) is 0 Å². The monoisotopic (exact) mass is 319 g/mol. The van der Waals surface area contributed by atoms with Crippen LogP contribution in [0.4, 0.5) is 0 Å². The summed E-state index contributed by atoms with van der Waals surface area (Å²) in [7, 11) is -1.78. The number of hydrogen-bond acceptors (Lipinski definition) is 5. The molecule has 1 atom stereocenters. The maximum atomic E-state index is 12.3. The normalized spacial score (nSPS) is 21.2. The molecule has 2 rings (SSSR count). The average molecular weight is 319 g/mol. The van der Waals surface area contributed by atoms with Crippen LogP contribution in [0.25, 0.3) is 0 Å². The van der Waals surface area contributed by atoms with Gasteiger partial charge < -0.3 is 4.74 Å². The topological polar surface area (TPSA) is 71.5 Å². The zero-order valence-corrected chi connectivity index (χ0v) is 13.5. The van der Waals surface area contributed by atoms with E-state index in [0.717, 1.165) is 23.5 Å². The first-order chi connectivity index (χ1) is 9.51. The first kappa shape index (κ1) is 15.8. The third-order valence-electron chi connectivity index (χ3n) is 3.33. The quantitative estimate of drug-likeness (QED) is 0.853. The van der Waals surface area contributed by atoms with Gasteiger partial charge >= 0.3 is 0 Å². The van der Waals surface area contributed by atoms with E-state index < -0.39 is 10.2 Å². The van der Waals surface area contributed by atoms with Crippen molar-refractivity contribution >= 4 is 21.5 Å². The second-order valence-corrected chi connectivity index (χ2v) is 7.82. The van der Waals surface area contributed by atoms with E-state index in [2.05, 4.69) is 9.71 Å². The number of ether oxygens (including phenoxy) is 1. The van der Waals surface area contributed by atoms with Crippen LogP contribution in [0, 0.1) is 12.8 Å². The molecule has 1 aromatic rings. The van der Waals surface area contributed by atoms with Gasteiger partial charge in [-0.25, -0.2) is 4.98 Å². The molecule has 0 bridgehead atoms. The van der Waals surface area contributed by atoms with E-state index in [1.54, 1.807) is 7.11 Å². The Morgan fingerprint density at radius 1 is 1.60 bits per heavy atom. The summed E-state index contributed by atoms with van der Waals surface area (Å²) in [5, 5.41) is 2.82. The number of thiazole rings is 1. The fourth-order valence-electron chi connectivity index (χ4n) is 2.36. The van der Waals surface area contributed by atoms with Crippen LogP contribution in [0.5, 0.6) is 0 Å². The molecule has 1 aliphatic heterocycles. The standard InChI is InChI=1S/C12H21N3O3S2/c1-10-14-12(9-19-10)6-13-20(16,17)15-5-3-4-11(7-15)8-18-2/h9,11,13H,3-8H2,1-2H3/t11-/m0/s1. The molecule has 114 valence electrons. The number of hydrogen-bond donors (Lipinski definition) is 1. The first-order valence-corrected chi connectivity index (χ1v) is 8.98. The fraction of sp³-hybridized carbons (Fsp3) is 0.750. The average Bonchev–Trinajstić information content (AvgIpc) is 2.83. The SMILES string of the molecule is COC[C@H]1CCCN(S(=O)(=O)NCc2csc(C)n2)C1. The number of aryl methyl sites for hydroxylation is 1. The molecule has 8 heteroatoms. The summed E-state index contributed by atoms with van der Waals surface area (Å²) in [4.78, 5) is 4.26. The van der Waals surface area contributed by atoms with Crippen molar-refractivity contribution in [3.05, 3.63) is 16.1 Å². The number of nitrogens with zero attached hydrogens (tertiary/aromatic N) is 2. The minimum absolute atomic E-state index is 0.248. The van der Waals surface area contributed by atoms with Crippen LogP contribution < -0.4 is 4.72 Å². The van der Waals surface area contributed by atoms with Gasteiger partial charge in [0.15, 0.2) is 0 Å². The lowest BCUT2D eigenvalue weighted by atomic mass is 10.0. The molecule has 1 N–H and O–H groups in total. The zero-order chi connectivity index (χ0) is 14.6. The van der Waals surface area contributed by atoms with Gasteiger partial charge in [-0.2, -0.15) is 17.4 Å². The maximum absolute atomic E-state index is 12.3. The summed E-state index contributed by atoms with van der Waals surface area (Å²) < 4.78 is 33.8. The molecule has 0 aromatic carbocycles. The van der Waals surface area contributed by atoms with Crippen LogP contribution >= 0.6 is 11.3 Å². The molecule has 0 aliphatic carbocycles. The van der Waals surface area contributed by atoms with Crippen LogP contribution in [0.15, 0.2) is 5.38 Å². The van der Waals surface area contributed by atoms with Crippen molar-refractivity contribution in [3.8, 4) is 0 Å². The van der Waals surface area contributed by atoms with Crippen LogP contribution in [0.3, 0.4) is 0 Å². The molecule has 1 aromatic heterocycles. The number of aromatic nitrogens is 1. The highest BCUT2D eigenvalue weighted by molar-refractivity contribution is 7.87. The zero-order valence-electron chi connectivity index (χ0n) is 11.8. The molecule has 2 heterocycles. The molecule has 1 saturated heterocycles. The molecule has 0 radical (unpaired) electrons. The van der Waals surface area contributed by atoms with Crippen molar-refractivity contribution in [1.29, 1.82) is 0 Å². The van der Waals surface area contributed by atoms with Gasteiger partial charge in [-0.1, -0.05) is 0 Å². The lowest BCUT2D eigenvalue weighted by Gasteiger charge is -2.31. The molecule has 0 saturated carbocycles. The van der Waals surface area contributed by atoms with Gasteiger partial charge in [-0.3, -0.25) is 0 Å². The number of nitrogens with one attached hydrogen (secondary N) is 1. The predicted octanol–water partition coefficient (Wildman–Crippen LogP) is 1.14. The van der Waals surface area contributed by atoms with E-state index in [9.17, 15) is 8.42 Å². The predicted molar refractivity (Wildman–Crippen MR) is 78.8 cm³/mol. The number of piperidine rings is 1. The van der Waals surface area contributed by atoms with E-state index in [1.807, 2.05) is 12.3 Å². The third-order valence-corrected chi connectivity index (χ3v) is 5.67. The van der Waals surface area contributed by atoms with Gasteiger partial charge in [0.05, 0.1) is 23.9 Å². The molecular formula is C12H21N3O3S2.